The first kappa shape index (κ1) is 15.5. The smallest absolute Gasteiger partial charge is 0.240 e. The average Bonchev–Trinajstić information content (AvgIpc) is 2.89. The van der Waals surface area contributed by atoms with E-state index in [9.17, 15) is 13.5 Å². The van der Waals surface area contributed by atoms with Gasteiger partial charge in [0.05, 0.1) is 11.0 Å². The summed E-state index contributed by atoms with van der Waals surface area (Å²) in [7, 11) is -3.66. The van der Waals surface area contributed by atoms with Crippen molar-refractivity contribution in [3.05, 3.63) is 51.2 Å². The normalized spacial score (nSPS) is 13.3. The third-order valence-corrected chi connectivity index (χ3v) is 5.34. The maximum absolute atomic E-state index is 12.2. The van der Waals surface area contributed by atoms with Crippen molar-refractivity contribution in [1.82, 2.24) is 4.72 Å². The van der Waals surface area contributed by atoms with Gasteiger partial charge in [-0.2, -0.15) is 11.3 Å². The van der Waals surface area contributed by atoms with Gasteiger partial charge < -0.3 is 5.11 Å². The fraction of sp³-hybridized carbons (Fsp3) is 0.231. The lowest BCUT2D eigenvalue weighted by molar-refractivity contribution is 0.182. The van der Waals surface area contributed by atoms with E-state index >= 15 is 0 Å². The third-order valence-electron chi connectivity index (χ3n) is 2.82. The minimum atomic E-state index is -3.66. The number of benzene rings is 1. The number of aliphatic hydroxyl groups is 1. The summed E-state index contributed by atoms with van der Waals surface area (Å²) in [6, 6.07) is 6.33. The highest BCUT2D eigenvalue weighted by Crippen LogP contribution is 2.20. The van der Waals surface area contributed by atoms with Gasteiger partial charge in [0.25, 0.3) is 0 Å². The minimum Gasteiger partial charge on any atom is -0.387 e. The highest BCUT2D eigenvalue weighted by Gasteiger charge is 2.19. The van der Waals surface area contributed by atoms with Crippen LogP contribution in [0.4, 0.5) is 0 Å². The summed E-state index contributed by atoms with van der Waals surface area (Å²) in [6.45, 7) is 1.61. The lowest BCUT2D eigenvalue weighted by atomic mass is 10.2. The number of halogens is 1. The monoisotopic (exact) mass is 331 g/mol. The summed E-state index contributed by atoms with van der Waals surface area (Å²) in [5.74, 6) is 0. The van der Waals surface area contributed by atoms with Gasteiger partial charge in [0.1, 0.15) is 0 Å². The molecule has 1 aromatic heterocycles. The van der Waals surface area contributed by atoms with Crippen LogP contribution in [0.5, 0.6) is 0 Å². The Bertz CT molecular complexity index is 684. The van der Waals surface area contributed by atoms with E-state index < -0.39 is 16.1 Å². The van der Waals surface area contributed by atoms with Crippen LogP contribution in [0, 0.1) is 6.92 Å². The minimum absolute atomic E-state index is 0.0683. The van der Waals surface area contributed by atoms with Crippen molar-refractivity contribution in [2.45, 2.75) is 17.9 Å². The summed E-state index contributed by atoms with van der Waals surface area (Å²) in [4.78, 5) is 0.166. The second-order valence-electron chi connectivity index (χ2n) is 4.33. The topological polar surface area (TPSA) is 66.4 Å². The Kier molecular flexibility index (Phi) is 4.82. The molecule has 0 aliphatic heterocycles. The molecule has 0 aliphatic carbocycles. The molecule has 0 saturated heterocycles. The molecular formula is C13H14ClNO3S2. The predicted molar refractivity (Wildman–Crippen MR) is 80.7 cm³/mol. The number of sulfonamides is 1. The number of aliphatic hydroxyl groups excluding tert-OH is 1. The van der Waals surface area contributed by atoms with Crippen LogP contribution < -0.4 is 4.72 Å². The molecule has 2 rings (SSSR count). The quantitative estimate of drug-likeness (QED) is 0.885. The summed E-state index contributed by atoms with van der Waals surface area (Å²) >= 11 is 7.26. The number of hydrogen-bond donors (Lipinski definition) is 2. The zero-order valence-corrected chi connectivity index (χ0v) is 13.1. The van der Waals surface area contributed by atoms with Gasteiger partial charge in [0.15, 0.2) is 0 Å². The van der Waals surface area contributed by atoms with Crippen molar-refractivity contribution in [3.63, 3.8) is 0 Å². The molecule has 0 spiro atoms. The van der Waals surface area contributed by atoms with Crippen LogP contribution in [0.2, 0.25) is 5.02 Å². The van der Waals surface area contributed by atoms with Crippen LogP contribution in [0.25, 0.3) is 0 Å². The highest BCUT2D eigenvalue weighted by molar-refractivity contribution is 7.89. The second-order valence-corrected chi connectivity index (χ2v) is 7.29. The molecule has 20 heavy (non-hydrogen) atoms. The Morgan fingerprint density at radius 2 is 2.15 bits per heavy atom. The van der Waals surface area contributed by atoms with Crippen molar-refractivity contribution in [1.29, 1.82) is 0 Å². The number of aryl methyl sites for hydroxylation is 1. The average molecular weight is 332 g/mol. The summed E-state index contributed by atoms with van der Waals surface area (Å²) in [6.07, 6.45) is -0.858. The van der Waals surface area contributed by atoms with Crippen molar-refractivity contribution >= 4 is 33.0 Å². The molecule has 2 N–H and O–H groups in total. The van der Waals surface area contributed by atoms with Gasteiger partial charge in [-0.15, -0.1) is 0 Å². The maximum Gasteiger partial charge on any atom is 0.240 e. The molecule has 1 unspecified atom stereocenters. The lowest BCUT2D eigenvalue weighted by Crippen LogP contribution is -2.28. The van der Waals surface area contributed by atoms with Crippen molar-refractivity contribution in [2.24, 2.45) is 0 Å². The summed E-state index contributed by atoms with van der Waals surface area (Å²) < 4.78 is 26.8. The number of nitrogens with one attached hydrogen (secondary N) is 1. The van der Waals surface area contributed by atoms with Gasteiger partial charge in [-0.05, 0) is 53.1 Å². The molecular weight excluding hydrogens is 318 g/mol. The zero-order chi connectivity index (χ0) is 14.8. The molecule has 0 bridgehead atoms. The van der Waals surface area contributed by atoms with Crippen LogP contribution in [0.15, 0.2) is 39.9 Å². The summed E-state index contributed by atoms with van der Waals surface area (Å²) in [5.41, 5.74) is 1.26. The standard InChI is InChI=1S/C13H14ClNO3S2/c1-9-6-11(14)2-3-13(9)20(17,18)15-7-12(16)10-4-5-19-8-10/h2-6,8,12,15-16H,7H2,1H3. The predicted octanol–water partition coefficient (Wildman–Crippen LogP) is 2.72. The van der Waals surface area contributed by atoms with Crippen LogP contribution >= 0.6 is 22.9 Å². The van der Waals surface area contributed by atoms with E-state index in [1.807, 2.05) is 5.38 Å². The van der Waals surface area contributed by atoms with Crippen molar-refractivity contribution in [2.75, 3.05) is 6.54 Å². The van der Waals surface area contributed by atoms with Crippen LogP contribution in [-0.4, -0.2) is 20.1 Å². The Morgan fingerprint density at radius 3 is 2.75 bits per heavy atom. The molecule has 1 aromatic carbocycles. The largest absolute Gasteiger partial charge is 0.387 e. The molecule has 0 amide bonds. The lowest BCUT2D eigenvalue weighted by Gasteiger charge is -2.12. The maximum atomic E-state index is 12.2. The second kappa shape index (κ2) is 6.24. The fourth-order valence-electron chi connectivity index (χ4n) is 1.76. The Balaban J connectivity index is 2.11. The molecule has 2 aromatic rings. The van der Waals surface area contributed by atoms with E-state index in [0.29, 0.717) is 16.1 Å². The summed E-state index contributed by atoms with van der Waals surface area (Å²) in [5, 5.41) is 14.0. The van der Waals surface area contributed by atoms with Crippen LogP contribution in [0.1, 0.15) is 17.2 Å². The molecule has 0 saturated carbocycles. The van der Waals surface area contributed by atoms with Gasteiger partial charge in [0, 0.05) is 11.6 Å². The highest BCUT2D eigenvalue weighted by atomic mass is 35.5. The first-order valence-corrected chi connectivity index (χ1v) is 8.66. The van der Waals surface area contributed by atoms with Crippen molar-refractivity contribution < 1.29 is 13.5 Å². The molecule has 4 nitrogen and oxygen atoms in total. The molecule has 7 heteroatoms. The van der Waals surface area contributed by atoms with Crippen LogP contribution in [-0.2, 0) is 10.0 Å². The van der Waals surface area contributed by atoms with E-state index in [1.165, 1.54) is 23.5 Å². The van der Waals surface area contributed by atoms with E-state index in [0.717, 1.165) is 0 Å². The van der Waals surface area contributed by atoms with E-state index in [4.69, 9.17) is 11.6 Å². The van der Waals surface area contributed by atoms with E-state index in [1.54, 1.807) is 24.4 Å². The number of hydrogen-bond acceptors (Lipinski definition) is 4. The molecule has 1 heterocycles. The molecule has 0 radical (unpaired) electrons. The molecule has 0 aliphatic rings. The molecule has 1 atom stereocenters. The Labute approximate surface area is 127 Å². The molecule has 0 fully saturated rings. The SMILES string of the molecule is Cc1cc(Cl)ccc1S(=O)(=O)NCC(O)c1ccsc1. The Morgan fingerprint density at radius 1 is 1.40 bits per heavy atom. The first-order valence-electron chi connectivity index (χ1n) is 5.86. The zero-order valence-electron chi connectivity index (χ0n) is 10.7. The fourth-order valence-corrected chi connectivity index (χ4v) is 3.96. The van der Waals surface area contributed by atoms with Gasteiger partial charge in [-0.1, -0.05) is 11.6 Å². The van der Waals surface area contributed by atoms with Gasteiger partial charge >= 0.3 is 0 Å². The number of rotatable bonds is 5. The van der Waals surface area contributed by atoms with Crippen LogP contribution in [0.3, 0.4) is 0 Å². The Hall–Kier alpha value is -0.920. The first-order chi connectivity index (χ1) is 9.40. The van der Waals surface area contributed by atoms with Gasteiger partial charge in [0.2, 0.25) is 10.0 Å². The third kappa shape index (κ3) is 3.59. The molecule has 108 valence electrons. The van der Waals surface area contributed by atoms with Crippen molar-refractivity contribution in [3.8, 4) is 0 Å². The number of thiophene rings is 1. The van der Waals surface area contributed by atoms with E-state index in [-0.39, 0.29) is 11.4 Å². The van der Waals surface area contributed by atoms with Gasteiger partial charge in [-0.3, -0.25) is 0 Å². The van der Waals surface area contributed by atoms with E-state index in [2.05, 4.69) is 4.72 Å². The van der Waals surface area contributed by atoms with Gasteiger partial charge in [-0.25, -0.2) is 13.1 Å².